The smallest absolute Gasteiger partial charge is 0.744 e. The summed E-state index contributed by atoms with van der Waals surface area (Å²) in [6.07, 6.45) is 6.24. The molecule has 4 rings (SSSR count). The van der Waals surface area contributed by atoms with Gasteiger partial charge in [0.1, 0.15) is 20.2 Å². The summed E-state index contributed by atoms with van der Waals surface area (Å²) in [7, 11) is -10.3. The monoisotopic (exact) mass is 720 g/mol. The maximum atomic E-state index is 12.1. The van der Waals surface area contributed by atoms with Crippen molar-refractivity contribution < 1.29 is 131 Å². The van der Waals surface area contributed by atoms with E-state index in [4.69, 9.17) is 0 Å². The molecule has 0 aliphatic heterocycles. The van der Waals surface area contributed by atoms with E-state index in [1.54, 1.807) is 0 Å². The number of carbonyl (C=O) groups excluding carboxylic acids is 4. The van der Waals surface area contributed by atoms with Gasteiger partial charge in [-0.05, 0) is 84.7 Å². The molecule has 0 fully saturated rings. The Kier molecular flexibility index (Phi) is 18.3. The second kappa shape index (κ2) is 19.6. The summed E-state index contributed by atoms with van der Waals surface area (Å²) in [5.41, 5.74) is 3.18. The first-order valence-corrected chi connectivity index (χ1v) is 16.0. The van der Waals surface area contributed by atoms with Crippen LogP contribution in [0.4, 0.5) is 11.4 Å². The Morgan fingerprint density at radius 1 is 0.654 bits per heavy atom. The Morgan fingerprint density at radius 3 is 1.56 bits per heavy atom. The van der Waals surface area contributed by atoms with Gasteiger partial charge in [0.15, 0.2) is 11.6 Å². The maximum absolute atomic E-state index is 12.1. The van der Waals surface area contributed by atoms with Crippen molar-refractivity contribution >= 4 is 78.7 Å². The first-order valence-electron chi connectivity index (χ1n) is 13.2. The van der Waals surface area contributed by atoms with E-state index in [1.807, 2.05) is 0 Å². The van der Waals surface area contributed by atoms with Crippen LogP contribution in [0.3, 0.4) is 0 Å². The van der Waals surface area contributed by atoms with E-state index in [0.29, 0.717) is 0 Å². The van der Waals surface area contributed by atoms with Crippen molar-refractivity contribution in [1.82, 2.24) is 0 Å². The number of hydrogen-bond donors (Lipinski definition) is 2. The maximum Gasteiger partial charge on any atom is 1.00 e. The van der Waals surface area contributed by atoms with Crippen LogP contribution < -0.4 is 96.5 Å². The van der Waals surface area contributed by atoms with Crippen LogP contribution in [-0.2, 0) is 39.4 Å². The number of ketones is 2. The number of hydrazone groups is 2. The average Bonchev–Trinajstić information content (AvgIpc) is 2.99. The number of aliphatic carboxylic acids is 2. The first-order chi connectivity index (χ1) is 22.3. The molecule has 2 N–H and O–H groups in total. The fourth-order valence-corrected chi connectivity index (χ4v) is 5.76. The summed E-state index contributed by atoms with van der Waals surface area (Å²) in [6.45, 7) is 2.76. The van der Waals surface area contributed by atoms with Crippen molar-refractivity contribution in [3.63, 3.8) is 0 Å². The van der Waals surface area contributed by atoms with Gasteiger partial charge in [0, 0.05) is 11.1 Å². The third-order valence-corrected chi connectivity index (χ3v) is 8.38. The molecule has 16 nitrogen and oxygen atoms in total. The minimum absolute atomic E-state index is 0. The van der Waals surface area contributed by atoms with Crippen molar-refractivity contribution in [2.45, 2.75) is 23.6 Å². The van der Waals surface area contributed by atoms with Gasteiger partial charge < -0.3 is 28.9 Å². The number of hydrogen-bond acceptors (Lipinski definition) is 16. The third-order valence-electron chi connectivity index (χ3n) is 6.59. The summed E-state index contributed by atoms with van der Waals surface area (Å²) < 4.78 is 72.5. The van der Waals surface area contributed by atoms with E-state index in [2.05, 4.69) is 21.1 Å². The second-order valence-corrected chi connectivity index (χ2v) is 12.7. The number of Topliss-reactive ketones (excluding diaryl/α,β-unsaturated/α-hetero) is 1. The predicted octanol–water partition coefficient (Wildman–Crippen LogP) is -12.4. The molecule has 0 unspecified atom stereocenters. The minimum atomic E-state index is -5.16. The Morgan fingerprint density at radius 2 is 1.12 bits per heavy atom. The average molecular weight is 720 g/mol. The van der Waals surface area contributed by atoms with Gasteiger partial charge in [-0.2, -0.15) is 10.2 Å². The second-order valence-electron chi connectivity index (χ2n) is 10.0. The number of carboxylic acids is 2. The molecule has 0 radical (unpaired) electrons. The number of carbonyl (C=O) groups is 4. The normalized spacial score (nSPS) is 15.8. The topological polar surface area (TPSA) is 278 Å². The third kappa shape index (κ3) is 12.1. The van der Waals surface area contributed by atoms with E-state index in [1.165, 1.54) is 38.1 Å². The molecule has 0 aromatic heterocycles. The molecule has 2 aromatic carbocycles. The molecule has 2 aromatic rings. The Bertz CT molecular complexity index is 2260. The minimum Gasteiger partial charge on any atom is -0.744 e. The zero-order valence-corrected chi connectivity index (χ0v) is 30.2. The zero-order chi connectivity index (χ0) is 35.6. The number of carboxylic acid groups (broad SMARTS) is 2. The Hall–Kier alpha value is -3.43. The van der Waals surface area contributed by atoms with E-state index in [-0.39, 0.29) is 121 Å². The van der Waals surface area contributed by atoms with Crippen LogP contribution in [0.2, 0.25) is 0 Å². The summed E-state index contributed by atoms with van der Waals surface area (Å²) in [4.78, 5) is 44.7. The molecule has 22 heteroatoms. The molecular weight excluding hydrogens is 700 g/mol. The van der Waals surface area contributed by atoms with E-state index in [0.717, 1.165) is 48.6 Å². The van der Waals surface area contributed by atoms with Gasteiger partial charge in [0.25, 0.3) is 0 Å². The van der Waals surface area contributed by atoms with Crippen LogP contribution in [-0.4, -0.2) is 60.9 Å². The van der Waals surface area contributed by atoms with Crippen LogP contribution in [0.1, 0.15) is 25.0 Å². The number of anilines is 2. The molecule has 52 heavy (non-hydrogen) atoms. The van der Waals surface area contributed by atoms with Crippen LogP contribution in [0.5, 0.6) is 0 Å². The van der Waals surface area contributed by atoms with Crippen LogP contribution in [0.15, 0.2) is 103 Å². The van der Waals surface area contributed by atoms with Gasteiger partial charge >= 0.3 is 75.4 Å². The Labute approximate surface area is 345 Å². The van der Waals surface area contributed by atoms with Crippen molar-refractivity contribution in [2.24, 2.45) is 10.2 Å². The fraction of sp³-hybridized carbons (Fsp3) is 0.0667. The van der Waals surface area contributed by atoms with Gasteiger partial charge in [-0.1, -0.05) is 24.3 Å². The van der Waals surface area contributed by atoms with E-state index >= 15 is 0 Å². The first kappa shape index (κ1) is 48.6. The van der Waals surface area contributed by atoms with Crippen LogP contribution in [0, 0.1) is 0 Å². The quantitative estimate of drug-likeness (QED) is 0.0576. The van der Waals surface area contributed by atoms with Crippen molar-refractivity contribution in [3.05, 3.63) is 94.1 Å². The predicted molar refractivity (Wildman–Crippen MR) is 164 cm³/mol. The number of nitrogens with one attached hydrogen (secondary N) is 2. The fourth-order valence-electron chi connectivity index (χ4n) is 4.37. The molecule has 0 atom stereocenters. The summed E-state index contributed by atoms with van der Waals surface area (Å²) in [5, 5.41) is 30.5. The molecule has 0 spiro atoms. The van der Waals surface area contributed by atoms with E-state index in [9.17, 15) is 55.3 Å². The molecule has 2 aliphatic rings. The molecule has 0 amide bonds. The summed E-state index contributed by atoms with van der Waals surface area (Å²) in [6, 6.07) is 6.66. The van der Waals surface area contributed by atoms with Crippen LogP contribution in [0.25, 0.3) is 12.2 Å². The zero-order valence-electron chi connectivity index (χ0n) is 28.5. The summed E-state index contributed by atoms with van der Waals surface area (Å²) in [5.74, 6) is -4.78. The summed E-state index contributed by atoms with van der Waals surface area (Å²) >= 11 is 0. The molecule has 0 heterocycles. The molecule has 0 bridgehead atoms. The van der Waals surface area contributed by atoms with E-state index < -0.39 is 64.7 Å². The molecule has 248 valence electrons. The molecular formula is C30H20Li4N4O12S2. The van der Waals surface area contributed by atoms with Gasteiger partial charge in [-0.15, -0.1) is 0 Å². The molecule has 0 saturated heterocycles. The van der Waals surface area contributed by atoms with Gasteiger partial charge in [-0.3, -0.25) is 20.4 Å². The Balaban J connectivity index is 0.00000650. The number of nitrogens with zero attached hydrogens (tertiary/aromatic N) is 2. The van der Waals surface area contributed by atoms with Gasteiger partial charge in [0.05, 0.1) is 44.5 Å². The largest absolute Gasteiger partial charge is 1.00 e. The molecule has 2 aliphatic carbocycles. The molecule has 0 saturated carbocycles. The van der Waals surface area contributed by atoms with Crippen molar-refractivity contribution in [3.8, 4) is 0 Å². The number of rotatable bonds is 10. The van der Waals surface area contributed by atoms with Crippen molar-refractivity contribution in [2.75, 3.05) is 10.9 Å². The van der Waals surface area contributed by atoms with Gasteiger partial charge in [0.2, 0.25) is 0 Å². The van der Waals surface area contributed by atoms with Gasteiger partial charge in [-0.25, -0.2) is 16.8 Å². The standard InChI is InChI=1S/C30H24N4O12S2.4Li/c1-15-10-22(35)14-23(29(37)38)27(15)34-32-20-8-6-18(26(13-20)48(44,45)46)4-3-17-5-7-19(12-25(17)47(41,42)43)31-33-21-9-16(2)28(36)24(11-21)30(39)40;;;;/h3-14,31-32H,1-2H3,(H,37,38)(H,39,40)(H,41,42,43)(H,44,45,46);;;;/q;4*+1/p-4/b4-3?,33-21+,34-27-;;;;. The number of allylic oxidation sites excluding steroid dienone is 6. The van der Waals surface area contributed by atoms with Crippen LogP contribution >= 0.6 is 0 Å². The van der Waals surface area contributed by atoms with Crippen molar-refractivity contribution in [1.29, 1.82) is 0 Å². The SMILES string of the molecule is CC1=C/C(=N\Nc2ccc(C=Cc3ccc(N/N=C4/C(C)=CC(=O)C=C4C(=O)[O-])cc3S(=O)(=O)[O-])c(S(=O)(=O)[O-])c2)C=C(C(=O)[O-])C1=O.[Li+].[Li+].[Li+].[Li+]. The number of benzene rings is 2.